The number of aryl methyl sites for hydroxylation is 2. The Morgan fingerprint density at radius 2 is 1.18 bits per heavy atom. The van der Waals surface area contributed by atoms with Crippen molar-refractivity contribution in [3.8, 4) is 11.5 Å². The van der Waals surface area contributed by atoms with Crippen LogP contribution in [0.15, 0.2) is 48.5 Å². The van der Waals surface area contributed by atoms with Crippen molar-refractivity contribution in [2.75, 3.05) is 106 Å². The van der Waals surface area contributed by atoms with Gasteiger partial charge in [0.25, 0.3) is 17.7 Å². The van der Waals surface area contributed by atoms with Gasteiger partial charge in [-0.05, 0) is 61.1 Å². The van der Waals surface area contributed by atoms with E-state index in [1.165, 1.54) is 19.6 Å². The van der Waals surface area contributed by atoms with Gasteiger partial charge in [-0.1, -0.05) is 35.9 Å². The number of piperidine rings is 1. The predicted octanol–water partition coefficient (Wildman–Crippen LogP) is -0.876. The minimum Gasteiger partial charge on any atom is -1.00 e. The molecule has 1 atom stereocenters. The Kier molecular flexibility index (Phi) is 19.3. The van der Waals surface area contributed by atoms with E-state index in [4.69, 9.17) is 32.5 Å². The molecule has 3 aromatic rings. The number of nitrogens with zero attached hydrogens (tertiary/aromatic N) is 7. The molecule has 0 bridgehead atoms. The van der Waals surface area contributed by atoms with Gasteiger partial charge in [0.1, 0.15) is 11.5 Å². The first-order chi connectivity index (χ1) is 28.4. The maximum Gasteiger partial charge on any atom is 0.274 e. The van der Waals surface area contributed by atoms with Crippen LogP contribution >= 0.6 is 11.6 Å². The van der Waals surface area contributed by atoms with Gasteiger partial charge in [-0.2, -0.15) is 0 Å². The number of carbonyl (C=O) groups is 5. The number of carbonyl (C=O) groups excluding carboxylic acids is 5. The summed E-state index contributed by atoms with van der Waals surface area (Å²) in [4.78, 5) is 75.9. The molecule has 4 rings (SSSR count). The van der Waals surface area contributed by atoms with E-state index in [2.05, 4.69) is 15.3 Å². The number of nitrogen functional groups attached to an aromatic ring is 2. The van der Waals surface area contributed by atoms with E-state index in [-0.39, 0.29) is 90.9 Å². The number of nitrogens with two attached hydrogens (primary N) is 2. The largest absolute Gasteiger partial charge is 1.00 e. The standard InChI is InChI=1S/C42H59ClN10O7.ClH/c1-49(2)34(54)24-51(5)36(56)27-59-32-17-13-29(14-18-32)10-7-21-53(23-9-12-31(26-53)46-42(58)38-40(44)48-41(45)39(43)47-38)22-8-11-30-15-19-33(20-16-30)60-28-37(57)52(6)25-35(55)50(3)4;/h13-20,31H,7-12,21-28H2,1-6H3,(H4-,44,45,46,48,58);1H/t31-;/m0./s1. The summed E-state index contributed by atoms with van der Waals surface area (Å²) in [5, 5.41) is 3.05. The second-order valence-corrected chi connectivity index (χ2v) is 16.1. The molecule has 61 heavy (non-hydrogen) atoms. The number of amides is 5. The SMILES string of the molecule is CN(C)C(=O)CN(C)C(=O)COc1ccc(CCC[N+]2(CCCc3ccc(OCC(=O)N(C)CC(=O)N(C)C)cc3)CCC[C@H](NC(=O)c3nc(Cl)c(N)nc3N)C2)cc1.[Cl-]. The van der Waals surface area contributed by atoms with Gasteiger partial charge < -0.3 is 62.7 Å². The van der Waals surface area contributed by atoms with Crippen molar-refractivity contribution in [2.24, 2.45) is 0 Å². The Morgan fingerprint density at radius 3 is 1.62 bits per heavy atom. The minimum absolute atomic E-state index is 0. The number of hydrogen-bond acceptors (Lipinski definition) is 11. The van der Waals surface area contributed by atoms with Gasteiger partial charge in [-0.3, -0.25) is 24.0 Å². The third kappa shape index (κ3) is 15.5. The first-order valence-corrected chi connectivity index (χ1v) is 20.4. The monoisotopic (exact) mass is 886 g/mol. The molecule has 1 saturated heterocycles. The third-order valence-corrected chi connectivity index (χ3v) is 10.9. The lowest BCUT2D eigenvalue weighted by Gasteiger charge is -2.45. The van der Waals surface area contributed by atoms with E-state index in [1.54, 1.807) is 42.3 Å². The fourth-order valence-electron chi connectivity index (χ4n) is 6.94. The normalized spacial score (nSPS) is 14.2. The topological polar surface area (TPSA) is 207 Å². The second-order valence-electron chi connectivity index (χ2n) is 15.8. The molecular weight excluding hydrogens is 827 g/mol. The number of rotatable bonds is 20. The Bertz CT molecular complexity index is 1860. The number of hydrogen-bond donors (Lipinski definition) is 3. The third-order valence-electron chi connectivity index (χ3n) is 10.6. The van der Waals surface area contributed by atoms with Crippen LogP contribution in [0.3, 0.4) is 0 Å². The first-order valence-electron chi connectivity index (χ1n) is 20.0. The van der Waals surface area contributed by atoms with Gasteiger partial charge in [0.15, 0.2) is 35.7 Å². The Labute approximate surface area is 369 Å². The lowest BCUT2D eigenvalue weighted by atomic mass is 9.99. The molecule has 17 nitrogen and oxygen atoms in total. The van der Waals surface area contributed by atoms with Crippen molar-refractivity contribution in [1.29, 1.82) is 0 Å². The highest BCUT2D eigenvalue weighted by molar-refractivity contribution is 6.31. The first kappa shape index (κ1) is 50.0. The molecule has 334 valence electrons. The zero-order valence-corrected chi connectivity index (χ0v) is 37.5. The van der Waals surface area contributed by atoms with Crippen molar-refractivity contribution in [3.05, 3.63) is 70.5 Å². The summed E-state index contributed by atoms with van der Waals surface area (Å²) < 4.78 is 12.2. The maximum absolute atomic E-state index is 13.3. The highest BCUT2D eigenvalue weighted by Gasteiger charge is 2.36. The molecular formula is C42H60Cl2N10O7. The number of likely N-dealkylation sites (N-methyl/N-ethyl adjacent to an activating group) is 4. The number of likely N-dealkylation sites (tertiary alicyclic amines) is 1. The molecule has 0 unspecified atom stereocenters. The van der Waals surface area contributed by atoms with Crippen LogP contribution in [0.5, 0.6) is 11.5 Å². The molecule has 1 aromatic heterocycles. The van der Waals surface area contributed by atoms with Gasteiger partial charge >= 0.3 is 0 Å². The van der Waals surface area contributed by atoms with E-state index in [0.29, 0.717) is 11.5 Å². The van der Waals surface area contributed by atoms with Crippen LogP contribution in [0, 0.1) is 0 Å². The van der Waals surface area contributed by atoms with Crippen LogP contribution in [0.4, 0.5) is 11.6 Å². The molecule has 2 aromatic carbocycles. The van der Waals surface area contributed by atoms with Crippen molar-refractivity contribution in [1.82, 2.24) is 34.9 Å². The van der Waals surface area contributed by atoms with Crippen LogP contribution in [0.25, 0.3) is 0 Å². The van der Waals surface area contributed by atoms with E-state index in [9.17, 15) is 24.0 Å². The van der Waals surface area contributed by atoms with Crippen molar-refractivity contribution < 1.29 is 50.3 Å². The van der Waals surface area contributed by atoms with E-state index in [1.807, 2.05) is 48.5 Å². The summed E-state index contributed by atoms with van der Waals surface area (Å²) in [5.74, 6) is -0.339. The van der Waals surface area contributed by atoms with Crippen LogP contribution in [0.2, 0.25) is 5.15 Å². The minimum atomic E-state index is -0.442. The van der Waals surface area contributed by atoms with Crippen LogP contribution in [-0.2, 0) is 32.0 Å². The molecule has 0 radical (unpaired) electrons. The molecule has 0 aliphatic carbocycles. The van der Waals surface area contributed by atoms with Gasteiger partial charge in [-0.15, -0.1) is 0 Å². The average Bonchev–Trinajstić information content (AvgIpc) is 3.21. The molecule has 5 N–H and O–H groups in total. The van der Waals surface area contributed by atoms with E-state index >= 15 is 0 Å². The fourth-order valence-corrected chi connectivity index (χ4v) is 7.07. The summed E-state index contributed by atoms with van der Waals surface area (Å²) in [7, 11) is 9.72. The van der Waals surface area contributed by atoms with Gasteiger partial charge in [-0.25, -0.2) is 9.97 Å². The number of halogens is 2. The quantitative estimate of drug-likeness (QED) is 0.119. The number of aromatic nitrogens is 2. The smallest absolute Gasteiger partial charge is 0.274 e. The summed E-state index contributed by atoms with van der Waals surface area (Å²) in [6.45, 7) is 3.10. The summed E-state index contributed by atoms with van der Waals surface area (Å²) in [6, 6.07) is 15.3. The van der Waals surface area contributed by atoms with Crippen LogP contribution in [-0.4, -0.2) is 164 Å². The van der Waals surface area contributed by atoms with Crippen LogP contribution < -0.4 is 38.7 Å². The van der Waals surface area contributed by atoms with Gasteiger partial charge in [0, 0.05) is 55.1 Å². The molecule has 1 aliphatic rings. The van der Waals surface area contributed by atoms with Crippen molar-refractivity contribution in [2.45, 2.75) is 44.6 Å². The number of quaternary nitrogens is 1. The zero-order valence-electron chi connectivity index (χ0n) is 36.0. The van der Waals surface area contributed by atoms with Gasteiger partial charge in [0.2, 0.25) is 11.8 Å². The van der Waals surface area contributed by atoms with Gasteiger partial charge in [0.05, 0.1) is 45.3 Å². The number of anilines is 2. The molecule has 19 heteroatoms. The molecule has 2 heterocycles. The van der Waals surface area contributed by atoms with Crippen LogP contribution in [0.1, 0.15) is 47.3 Å². The van der Waals surface area contributed by atoms with Crippen molar-refractivity contribution in [3.63, 3.8) is 0 Å². The summed E-state index contributed by atoms with van der Waals surface area (Å²) >= 11 is 6.07. The lowest BCUT2D eigenvalue weighted by Crippen LogP contribution is -3.00. The van der Waals surface area contributed by atoms with E-state index < -0.39 is 5.91 Å². The van der Waals surface area contributed by atoms with Crippen molar-refractivity contribution >= 4 is 52.8 Å². The maximum atomic E-state index is 13.3. The Hall–Kier alpha value is -5.39. The Balaban J connectivity index is 0.00000992. The summed E-state index contributed by atoms with van der Waals surface area (Å²) in [6.07, 6.45) is 5.18. The number of ether oxygens (including phenoxy) is 2. The second kappa shape index (κ2) is 23.6. The molecule has 0 saturated carbocycles. The summed E-state index contributed by atoms with van der Waals surface area (Å²) in [5.41, 5.74) is 13.9. The average molecular weight is 888 g/mol. The number of nitrogens with one attached hydrogen (secondary N) is 1. The molecule has 1 aliphatic heterocycles. The predicted molar refractivity (Wildman–Crippen MR) is 229 cm³/mol. The lowest BCUT2D eigenvalue weighted by molar-refractivity contribution is -0.933. The number of benzene rings is 2. The fraction of sp³-hybridized carbons (Fsp3) is 0.500. The Morgan fingerprint density at radius 1 is 0.721 bits per heavy atom. The molecule has 0 spiro atoms. The molecule has 1 fully saturated rings. The highest BCUT2D eigenvalue weighted by Crippen LogP contribution is 2.25. The van der Waals surface area contributed by atoms with E-state index in [0.717, 1.165) is 80.3 Å². The highest BCUT2D eigenvalue weighted by atomic mass is 35.5. The zero-order chi connectivity index (χ0) is 44.0. The molecule has 5 amide bonds.